The number of nitrogens with zero attached hydrogens (tertiary/aromatic N) is 1. The number of likely N-dealkylation sites (tertiary alicyclic amines) is 1. The molecule has 1 unspecified atom stereocenters. The molecule has 2 aromatic carbocycles. The second-order valence-electron chi connectivity index (χ2n) is 7.70. The number of rotatable bonds is 5. The maximum atomic E-state index is 13.3. The lowest BCUT2D eigenvalue weighted by molar-refractivity contribution is -0.158. The minimum Gasteiger partial charge on any atom is -0.466 e. The van der Waals surface area contributed by atoms with Crippen LogP contribution >= 0.6 is 0 Å². The first-order chi connectivity index (χ1) is 14.5. The van der Waals surface area contributed by atoms with Gasteiger partial charge in [0.05, 0.1) is 12.0 Å². The number of halogens is 1. The average molecular weight is 413 g/mol. The average Bonchev–Trinajstić information content (AvgIpc) is 3.23. The van der Waals surface area contributed by atoms with Gasteiger partial charge in [-0.2, -0.15) is 0 Å². The van der Waals surface area contributed by atoms with Gasteiger partial charge in [0, 0.05) is 18.7 Å². The lowest BCUT2D eigenvalue weighted by Gasteiger charge is -2.41. The zero-order chi connectivity index (χ0) is 21.1. The predicted octanol–water partition coefficient (Wildman–Crippen LogP) is 3.58. The van der Waals surface area contributed by atoms with Crippen LogP contribution in [0.3, 0.4) is 0 Å². The van der Waals surface area contributed by atoms with Crippen LogP contribution in [0.25, 0.3) is 0 Å². The van der Waals surface area contributed by atoms with Gasteiger partial charge in [-0.1, -0.05) is 12.1 Å². The molecule has 158 valence electrons. The Morgan fingerprint density at radius 3 is 2.67 bits per heavy atom. The summed E-state index contributed by atoms with van der Waals surface area (Å²) in [6.45, 7) is 2.97. The van der Waals surface area contributed by atoms with Crippen LogP contribution in [0.1, 0.15) is 35.7 Å². The molecule has 0 spiro atoms. The fourth-order valence-corrected chi connectivity index (χ4v) is 4.18. The second-order valence-corrected chi connectivity index (χ2v) is 7.70. The van der Waals surface area contributed by atoms with Crippen LogP contribution in [0.15, 0.2) is 42.5 Å². The summed E-state index contributed by atoms with van der Waals surface area (Å²) in [6.07, 6.45) is 1.67. The van der Waals surface area contributed by atoms with Crippen molar-refractivity contribution in [2.24, 2.45) is 5.41 Å². The van der Waals surface area contributed by atoms with E-state index in [-0.39, 0.29) is 37.6 Å². The molecule has 1 amide bonds. The summed E-state index contributed by atoms with van der Waals surface area (Å²) >= 11 is 0. The van der Waals surface area contributed by atoms with Crippen molar-refractivity contribution in [3.63, 3.8) is 0 Å². The van der Waals surface area contributed by atoms with Crippen LogP contribution in [0, 0.1) is 11.2 Å². The van der Waals surface area contributed by atoms with E-state index in [9.17, 15) is 14.0 Å². The molecule has 4 rings (SSSR count). The van der Waals surface area contributed by atoms with Crippen molar-refractivity contribution < 1.29 is 28.2 Å². The molecule has 1 fully saturated rings. The van der Waals surface area contributed by atoms with Gasteiger partial charge in [0.15, 0.2) is 11.5 Å². The number of amides is 1. The summed E-state index contributed by atoms with van der Waals surface area (Å²) in [4.78, 5) is 27.9. The van der Waals surface area contributed by atoms with Crippen molar-refractivity contribution in [3.8, 4) is 11.5 Å². The van der Waals surface area contributed by atoms with Crippen molar-refractivity contribution in [2.75, 3.05) is 26.5 Å². The number of carbonyl (C=O) groups is 2. The molecule has 0 N–H and O–H groups in total. The van der Waals surface area contributed by atoms with E-state index in [1.807, 2.05) is 0 Å². The molecule has 0 radical (unpaired) electrons. The van der Waals surface area contributed by atoms with Gasteiger partial charge in [0.25, 0.3) is 5.91 Å². The lowest BCUT2D eigenvalue weighted by atomic mass is 9.75. The van der Waals surface area contributed by atoms with Gasteiger partial charge in [-0.25, -0.2) is 4.39 Å². The van der Waals surface area contributed by atoms with Crippen LogP contribution < -0.4 is 9.47 Å². The number of ether oxygens (including phenoxy) is 3. The highest BCUT2D eigenvalue weighted by Crippen LogP contribution is 2.37. The second kappa shape index (κ2) is 8.34. The Morgan fingerprint density at radius 1 is 1.13 bits per heavy atom. The van der Waals surface area contributed by atoms with Crippen molar-refractivity contribution >= 4 is 11.9 Å². The Bertz CT molecular complexity index is 945. The molecule has 1 saturated heterocycles. The first-order valence-corrected chi connectivity index (χ1v) is 10.1. The first kappa shape index (κ1) is 20.2. The largest absolute Gasteiger partial charge is 0.466 e. The Labute approximate surface area is 174 Å². The van der Waals surface area contributed by atoms with Gasteiger partial charge in [-0.05, 0) is 62.1 Å². The monoisotopic (exact) mass is 413 g/mol. The van der Waals surface area contributed by atoms with Gasteiger partial charge < -0.3 is 19.1 Å². The predicted molar refractivity (Wildman–Crippen MR) is 107 cm³/mol. The molecule has 2 aliphatic rings. The number of carbonyl (C=O) groups excluding carboxylic acids is 2. The number of esters is 1. The molecule has 7 heteroatoms. The highest BCUT2D eigenvalue weighted by atomic mass is 19.1. The minimum atomic E-state index is -0.863. The lowest BCUT2D eigenvalue weighted by Crippen LogP contribution is -2.51. The Balaban J connectivity index is 1.59. The van der Waals surface area contributed by atoms with E-state index < -0.39 is 5.41 Å². The molecule has 2 heterocycles. The normalized spacial score (nSPS) is 20.1. The molecule has 2 aromatic rings. The van der Waals surface area contributed by atoms with Crippen molar-refractivity contribution in [1.29, 1.82) is 0 Å². The number of hydrogen-bond acceptors (Lipinski definition) is 5. The van der Waals surface area contributed by atoms with Crippen LogP contribution in [-0.4, -0.2) is 43.3 Å². The van der Waals surface area contributed by atoms with Crippen molar-refractivity contribution in [1.82, 2.24) is 4.90 Å². The number of piperidine rings is 1. The molecular weight excluding hydrogens is 389 g/mol. The smallest absolute Gasteiger partial charge is 0.314 e. The number of fused-ring (bicyclic) bond motifs is 1. The zero-order valence-electron chi connectivity index (χ0n) is 16.9. The van der Waals surface area contributed by atoms with E-state index >= 15 is 0 Å². The SMILES string of the molecule is CCOC(=O)C1(Cc2ccc(F)cc2)CCCN(C(=O)c2ccc3c(c2)OCO3)C1. The van der Waals surface area contributed by atoms with E-state index in [1.54, 1.807) is 42.2 Å². The maximum absolute atomic E-state index is 13.3. The standard InChI is InChI=1S/C23H24FNO5/c1-2-28-22(27)23(13-16-4-7-18(24)8-5-16)10-3-11-25(14-23)21(26)17-6-9-19-20(12-17)30-15-29-19/h4-9,12H,2-3,10-11,13-15H2,1H3. The first-order valence-electron chi connectivity index (χ1n) is 10.1. The van der Waals surface area contributed by atoms with Crippen LogP contribution in [0.5, 0.6) is 11.5 Å². The topological polar surface area (TPSA) is 65.1 Å². The highest BCUT2D eigenvalue weighted by Gasteiger charge is 2.45. The van der Waals surface area contributed by atoms with E-state index in [0.717, 1.165) is 5.56 Å². The summed E-state index contributed by atoms with van der Waals surface area (Å²) in [5.74, 6) is 0.341. The maximum Gasteiger partial charge on any atom is 0.314 e. The Kier molecular flexibility index (Phi) is 5.61. The number of benzene rings is 2. The molecular formula is C23H24FNO5. The van der Waals surface area contributed by atoms with E-state index in [1.165, 1.54) is 12.1 Å². The summed E-state index contributed by atoms with van der Waals surface area (Å²) in [7, 11) is 0. The molecule has 30 heavy (non-hydrogen) atoms. The summed E-state index contributed by atoms with van der Waals surface area (Å²) in [5, 5.41) is 0. The summed E-state index contributed by atoms with van der Waals surface area (Å²) in [5.41, 5.74) is 0.459. The van der Waals surface area contributed by atoms with E-state index in [2.05, 4.69) is 0 Å². The fraction of sp³-hybridized carbons (Fsp3) is 0.391. The van der Waals surface area contributed by atoms with Crippen molar-refractivity contribution in [3.05, 3.63) is 59.4 Å². The van der Waals surface area contributed by atoms with Gasteiger partial charge >= 0.3 is 5.97 Å². The molecule has 6 nitrogen and oxygen atoms in total. The molecule has 1 atom stereocenters. The Morgan fingerprint density at radius 2 is 1.90 bits per heavy atom. The molecule has 0 aromatic heterocycles. The van der Waals surface area contributed by atoms with Crippen LogP contribution in [-0.2, 0) is 16.0 Å². The van der Waals surface area contributed by atoms with Gasteiger partial charge in [0.1, 0.15) is 5.82 Å². The number of hydrogen-bond donors (Lipinski definition) is 0. The van der Waals surface area contributed by atoms with E-state index in [0.29, 0.717) is 42.9 Å². The minimum absolute atomic E-state index is 0.139. The van der Waals surface area contributed by atoms with Gasteiger partial charge in [-0.15, -0.1) is 0 Å². The third-order valence-corrected chi connectivity index (χ3v) is 5.65. The third-order valence-electron chi connectivity index (χ3n) is 5.65. The summed E-state index contributed by atoms with van der Waals surface area (Å²) in [6, 6.07) is 11.2. The third kappa shape index (κ3) is 3.97. The quantitative estimate of drug-likeness (QED) is 0.701. The van der Waals surface area contributed by atoms with Crippen LogP contribution in [0.4, 0.5) is 4.39 Å². The fourth-order valence-electron chi connectivity index (χ4n) is 4.18. The van der Waals surface area contributed by atoms with Gasteiger partial charge in [0.2, 0.25) is 6.79 Å². The highest BCUT2D eigenvalue weighted by molar-refractivity contribution is 5.95. The van der Waals surface area contributed by atoms with Crippen molar-refractivity contribution in [2.45, 2.75) is 26.2 Å². The molecule has 0 bridgehead atoms. The van der Waals surface area contributed by atoms with Crippen LogP contribution in [0.2, 0.25) is 0 Å². The van der Waals surface area contributed by atoms with E-state index in [4.69, 9.17) is 14.2 Å². The van der Waals surface area contributed by atoms with Gasteiger partial charge in [-0.3, -0.25) is 9.59 Å². The Hall–Kier alpha value is -3.09. The zero-order valence-corrected chi connectivity index (χ0v) is 16.9. The molecule has 0 aliphatic carbocycles. The molecule has 0 saturated carbocycles. The molecule has 2 aliphatic heterocycles. The summed E-state index contributed by atoms with van der Waals surface area (Å²) < 4.78 is 29.4.